The summed E-state index contributed by atoms with van der Waals surface area (Å²) in [6.07, 6.45) is 0. The van der Waals surface area contributed by atoms with E-state index in [0.29, 0.717) is 9.80 Å². The SMILES string of the molecule is O=C1c2cccc([N+](=O)[O-])c2C(=O)N1c1cccc(N2C(=O)c3cccc([N+](=O)[O-])c3C2=O)n1. The Bertz CT molecular complexity index is 1410. The number of fused-ring (bicyclic) bond motifs is 2. The van der Waals surface area contributed by atoms with E-state index in [4.69, 9.17) is 0 Å². The van der Waals surface area contributed by atoms with Crippen LogP contribution in [0, 0.1) is 20.2 Å². The van der Waals surface area contributed by atoms with E-state index in [1.165, 1.54) is 42.5 Å². The molecule has 1 aromatic heterocycles. The zero-order valence-electron chi connectivity index (χ0n) is 16.7. The first-order valence-electron chi connectivity index (χ1n) is 9.51. The third kappa shape index (κ3) is 2.70. The molecule has 166 valence electrons. The number of carbonyl (C=O) groups is 4. The average molecular weight is 459 g/mol. The van der Waals surface area contributed by atoms with E-state index in [2.05, 4.69) is 4.98 Å². The van der Waals surface area contributed by atoms with Crippen molar-refractivity contribution in [2.45, 2.75) is 0 Å². The molecule has 0 spiro atoms. The first kappa shape index (κ1) is 20.6. The van der Waals surface area contributed by atoms with Gasteiger partial charge in [-0.3, -0.25) is 39.4 Å². The Balaban J connectivity index is 1.57. The standard InChI is InChI=1S/C21H9N5O8/c27-18-10-4-1-6-12(25(31)32)16(10)20(29)23(18)14-8-3-9-15(22-14)24-19(28)11-5-2-7-13(26(33)34)17(11)21(24)30/h1-9H. The first-order valence-corrected chi connectivity index (χ1v) is 9.51. The van der Waals surface area contributed by atoms with Gasteiger partial charge in [-0.15, -0.1) is 0 Å². The highest BCUT2D eigenvalue weighted by atomic mass is 16.6. The molecular formula is C21H9N5O8. The number of pyridine rings is 1. The molecule has 0 unspecified atom stereocenters. The quantitative estimate of drug-likeness (QED) is 0.322. The van der Waals surface area contributed by atoms with Gasteiger partial charge in [0.2, 0.25) is 0 Å². The van der Waals surface area contributed by atoms with Crippen LogP contribution in [0.1, 0.15) is 41.4 Å². The summed E-state index contributed by atoms with van der Waals surface area (Å²) in [5.74, 6) is -4.30. The summed E-state index contributed by atoms with van der Waals surface area (Å²) in [6, 6.07) is 11.0. The lowest BCUT2D eigenvalue weighted by atomic mass is 10.1. The third-order valence-electron chi connectivity index (χ3n) is 5.36. The van der Waals surface area contributed by atoms with Crippen LogP contribution in [0.5, 0.6) is 0 Å². The second-order valence-corrected chi connectivity index (χ2v) is 7.16. The maximum Gasteiger partial charge on any atom is 0.283 e. The fourth-order valence-corrected chi connectivity index (χ4v) is 3.92. The summed E-state index contributed by atoms with van der Waals surface area (Å²) in [6.45, 7) is 0. The van der Waals surface area contributed by atoms with Crippen molar-refractivity contribution in [1.29, 1.82) is 0 Å². The second kappa shape index (κ2) is 7.09. The maximum absolute atomic E-state index is 12.9. The van der Waals surface area contributed by atoms with Gasteiger partial charge in [-0.25, -0.2) is 14.8 Å². The normalized spacial score (nSPS) is 14.5. The van der Waals surface area contributed by atoms with Gasteiger partial charge in [-0.1, -0.05) is 18.2 Å². The van der Waals surface area contributed by atoms with Crippen molar-refractivity contribution in [3.8, 4) is 0 Å². The van der Waals surface area contributed by atoms with Crippen molar-refractivity contribution in [1.82, 2.24) is 4.98 Å². The highest BCUT2D eigenvalue weighted by molar-refractivity contribution is 6.36. The number of imide groups is 2. The summed E-state index contributed by atoms with van der Waals surface area (Å²) in [7, 11) is 0. The zero-order valence-corrected chi connectivity index (χ0v) is 16.7. The van der Waals surface area contributed by atoms with Crippen molar-refractivity contribution in [2.75, 3.05) is 9.80 Å². The average Bonchev–Trinajstić information content (AvgIpc) is 3.23. The number of nitrogens with zero attached hydrogens (tertiary/aromatic N) is 5. The summed E-state index contributed by atoms with van der Waals surface area (Å²) in [5.41, 5.74) is -2.29. The molecule has 0 radical (unpaired) electrons. The number of nitro groups is 2. The molecule has 2 aliphatic rings. The molecule has 3 heterocycles. The van der Waals surface area contributed by atoms with Crippen LogP contribution in [-0.2, 0) is 0 Å². The van der Waals surface area contributed by atoms with Gasteiger partial charge in [0.1, 0.15) is 22.8 Å². The molecule has 0 saturated heterocycles. The van der Waals surface area contributed by atoms with Crippen molar-refractivity contribution in [2.24, 2.45) is 0 Å². The predicted octanol–water partition coefficient (Wildman–Crippen LogP) is 2.50. The van der Waals surface area contributed by atoms with Gasteiger partial charge in [-0.05, 0) is 24.3 Å². The van der Waals surface area contributed by atoms with Gasteiger partial charge in [0.05, 0.1) is 21.0 Å². The Hall–Kier alpha value is -5.33. The van der Waals surface area contributed by atoms with E-state index >= 15 is 0 Å². The fourth-order valence-electron chi connectivity index (χ4n) is 3.92. The molecule has 13 nitrogen and oxygen atoms in total. The van der Waals surface area contributed by atoms with Crippen LogP contribution in [0.2, 0.25) is 0 Å². The molecule has 0 aliphatic carbocycles. The molecule has 2 aromatic carbocycles. The Kier molecular flexibility index (Phi) is 4.29. The minimum absolute atomic E-state index is 0.192. The topological polar surface area (TPSA) is 174 Å². The predicted molar refractivity (Wildman–Crippen MR) is 113 cm³/mol. The number of hydrogen-bond donors (Lipinski definition) is 0. The van der Waals surface area contributed by atoms with Gasteiger partial charge in [0.15, 0.2) is 0 Å². The van der Waals surface area contributed by atoms with Gasteiger partial charge >= 0.3 is 0 Å². The molecule has 3 aromatic rings. The monoisotopic (exact) mass is 459 g/mol. The highest BCUT2D eigenvalue weighted by Crippen LogP contribution is 2.36. The molecular weight excluding hydrogens is 450 g/mol. The molecule has 0 atom stereocenters. The Morgan fingerprint density at radius 3 is 1.35 bits per heavy atom. The van der Waals surface area contributed by atoms with Gasteiger partial charge in [0, 0.05) is 12.1 Å². The summed E-state index contributed by atoms with van der Waals surface area (Å²) in [4.78, 5) is 77.9. The van der Waals surface area contributed by atoms with Crippen molar-refractivity contribution in [3.63, 3.8) is 0 Å². The van der Waals surface area contributed by atoms with Crippen LogP contribution < -0.4 is 9.80 Å². The molecule has 2 aliphatic heterocycles. The smallest absolute Gasteiger partial charge is 0.268 e. The molecule has 0 saturated carbocycles. The Morgan fingerprint density at radius 1 is 0.588 bits per heavy atom. The van der Waals surface area contributed by atoms with Crippen molar-refractivity contribution in [3.05, 3.63) is 97.1 Å². The molecule has 0 fully saturated rings. The van der Waals surface area contributed by atoms with E-state index in [1.54, 1.807) is 0 Å². The molecule has 4 amide bonds. The Labute approximate surface area is 188 Å². The number of anilines is 2. The number of amides is 4. The lowest BCUT2D eigenvalue weighted by Gasteiger charge is -2.17. The number of aromatic nitrogens is 1. The van der Waals surface area contributed by atoms with Gasteiger partial charge in [0.25, 0.3) is 35.0 Å². The third-order valence-corrected chi connectivity index (χ3v) is 5.36. The zero-order chi connectivity index (χ0) is 24.3. The van der Waals surface area contributed by atoms with E-state index in [1.807, 2.05) is 0 Å². The highest BCUT2D eigenvalue weighted by Gasteiger charge is 2.45. The van der Waals surface area contributed by atoms with Crippen molar-refractivity contribution < 1.29 is 29.0 Å². The van der Waals surface area contributed by atoms with Crippen LogP contribution in [0.15, 0.2) is 54.6 Å². The minimum Gasteiger partial charge on any atom is -0.268 e. The van der Waals surface area contributed by atoms with Crippen LogP contribution in [0.3, 0.4) is 0 Å². The van der Waals surface area contributed by atoms with E-state index < -0.39 is 56.0 Å². The van der Waals surface area contributed by atoms with Crippen LogP contribution in [0.25, 0.3) is 0 Å². The van der Waals surface area contributed by atoms with Gasteiger partial charge < -0.3 is 0 Å². The fraction of sp³-hybridized carbons (Fsp3) is 0. The summed E-state index contributed by atoms with van der Waals surface area (Å²) >= 11 is 0. The molecule has 0 N–H and O–H groups in total. The molecule has 34 heavy (non-hydrogen) atoms. The largest absolute Gasteiger partial charge is 0.283 e. The molecule has 5 rings (SSSR count). The lowest BCUT2D eigenvalue weighted by Crippen LogP contribution is -2.33. The summed E-state index contributed by atoms with van der Waals surface area (Å²) in [5, 5.41) is 22.6. The van der Waals surface area contributed by atoms with E-state index in [0.717, 1.165) is 12.1 Å². The molecule has 0 bridgehead atoms. The molecule has 13 heteroatoms. The summed E-state index contributed by atoms with van der Waals surface area (Å²) < 4.78 is 0. The van der Waals surface area contributed by atoms with Crippen molar-refractivity contribution >= 4 is 46.6 Å². The number of carbonyl (C=O) groups excluding carboxylic acids is 4. The second-order valence-electron chi connectivity index (χ2n) is 7.16. The van der Waals surface area contributed by atoms with Crippen LogP contribution >= 0.6 is 0 Å². The van der Waals surface area contributed by atoms with E-state index in [9.17, 15) is 39.4 Å². The minimum atomic E-state index is -0.991. The van der Waals surface area contributed by atoms with Gasteiger partial charge in [-0.2, -0.15) is 0 Å². The lowest BCUT2D eigenvalue weighted by molar-refractivity contribution is -0.385. The van der Waals surface area contributed by atoms with Crippen LogP contribution in [0.4, 0.5) is 23.0 Å². The number of benzene rings is 2. The Morgan fingerprint density at radius 2 is 0.971 bits per heavy atom. The van der Waals surface area contributed by atoms with Crippen LogP contribution in [-0.4, -0.2) is 38.5 Å². The number of hydrogen-bond acceptors (Lipinski definition) is 9. The maximum atomic E-state index is 12.9. The number of nitro benzene ring substituents is 2. The van der Waals surface area contributed by atoms with E-state index in [-0.39, 0.29) is 22.8 Å². The number of rotatable bonds is 4. The first-order chi connectivity index (χ1) is 16.2.